The van der Waals surface area contributed by atoms with Crippen LogP contribution in [-0.2, 0) is 16.3 Å². The Kier molecular flexibility index (Phi) is 4.43. The molecule has 0 aromatic heterocycles. The average Bonchev–Trinajstić information content (AvgIpc) is 2.77. The maximum atomic E-state index is 13.9. The van der Waals surface area contributed by atoms with Crippen LogP contribution in [0.3, 0.4) is 0 Å². The number of rotatable bonds is 4. The summed E-state index contributed by atoms with van der Waals surface area (Å²) < 4.78 is 96.0. The number of hydrogen-bond acceptors (Lipinski definition) is 4. The Morgan fingerprint density at radius 3 is 2.35 bits per heavy atom. The molecule has 0 radical (unpaired) electrons. The summed E-state index contributed by atoms with van der Waals surface area (Å²) in [5.74, 6) is -6.33. The smallest absolute Gasteiger partial charge is 0.281 e. The van der Waals surface area contributed by atoms with Gasteiger partial charge in [-0.3, -0.25) is 0 Å². The van der Waals surface area contributed by atoms with Crippen LogP contribution in [0.2, 0.25) is 0 Å². The molecule has 0 bridgehead atoms. The second-order valence-corrected chi connectivity index (χ2v) is 7.61. The number of hydrogen-bond donors (Lipinski definition) is 1. The van der Waals surface area contributed by atoms with Crippen LogP contribution in [-0.4, -0.2) is 25.5 Å². The molecule has 0 fully saturated rings. The zero-order valence-corrected chi connectivity index (χ0v) is 13.7. The number of benzene rings is 2. The number of ether oxygens (including phenoxy) is 1. The first-order chi connectivity index (χ1) is 12.0. The van der Waals surface area contributed by atoms with Crippen molar-refractivity contribution in [3.8, 4) is 11.5 Å². The minimum Gasteiger partial charge on any atom is -0.457 e. The average molecular weight is 394 g/mol. The standard InChI is InChI=1S/C16H11F5O4S/c17-7-26(23,24)13-2-1-12(11-6-16(20,21)15(22)14(11)13)25-10-4-8(18)3-9(19)5-10/h1-5,15,22H,6-7H2. The Labute approximate surface area is 144 Å². The molecule has 2 aromatic carbocycles. The van der Waals surface area contributed by atoms with E-state index >= 15 is 0 Å². The fourth-order valence-corrected chi connectivity index (χ4v) is 3.75. The molecule has 26 heavy (non-hydrogen) atoms. The Balaban J connectivity index is 2.15. The summed E-state index contributed by atoms with van der Waals surface area (Å²) in [6, 6.07) is 2.11. The summed E-state index contributed by atoms with van der Waals surface area (Å²) in [5, 5.41) is 9.82. The molecule has 3 rings (SSSR count). The third kappa shape index (κ3) is 3.14. The van der Waals surface area contributed by atoms with Crippen LogP contribution in [0.15, 0.2) is 35.2 Å². The summed E-state index contributed by atoms with van der Waals surface area (Å²) in [6.07, 6.45) is -3.56. The van der Waals surface area contributed by atoms with Crippen molar-refractivity contribution in [3.05, 3.63) is 53.1 Å². The summed E-state index contributed by atoms with van der Waals surface area (Å²) in [5.41, 5.74) is -1.05. The van der Waals surface area contributed by atoms with E-state index in [-0.39, 0.29) is 17.1 Å². The molecule has 1 unspecified atom stereocenters. The van der Waals surface area contributed by atoms with Crippen molar-refractivity contribution in [2.75, 3.05) is 6.01 Å². The second-order valence-electron chi connectivity index (χ2n) is 5.73. The molecule has 2 aromatic rings. The largest absolute Gasteiger partial charge is 0.457 e. The molecule has 10 heteroatoms. The van der Waals surface area contributed by atoms with Gasteiger partial charge in [0.05, 0.1) is 4.90 Å². The molecule has 140 valence electrons. The van der Waals surface area contributed by atoms with E-state index in [0.717, 1.165) is 24.3 Å². The zero-order valence-electron chi connectivity index (χ0n) is 12.8. The normalized spacial score (nSPS) is 18.6. The third-order valence-corrected chi connectivity index (χ3v) is 5.22. The number of aliphatic hydroxyl groups excluding tert-OH is 1. The van der Waals surface area contributed by atoms with Gasteiger partial charge < -0.3 is 9.84 Å². The van der Waals surface area contributed by atoms with Crippen molar-refractivity contribution >= 4 is 9.84 Å². The summed E-state index contributed by atoms with van der Waals surface area (Å²) >= 11 is 0. The molecule has 4 nitrogen and oxygen atoms in total. The maximum absolute atomic E-state index is 13.9. The van der Waals surface area contributed by atoms with Gasteiger partial charge >= 0.3 is 0 Å². The first-order valence-corrected chi connectivity index (χ1v) is 8.85. The predicted octanol–water partition coefficient (Wildman–Crippen LogP) is 3.68. The molecule has 0 aliphatic heterocycles. The van der Waals surface area contributed by atoms with E-state index in [2.05, 4.69) is 0 Å². The van der Waals surface area contributed by atoms with E-state index < -0.39 is 56.4 Å². The molecule has 0 heterocycles. The van der Waals surface area contributed by atoms with Gasteiger partial charge in [0.1, 0.15) is 29.2 Å². The lowest BCUT2D eigenvalue weighted by Gasteiger charge is -2.16. The lowest BCUT2D eigenvalue weighted by atomic mass is 10.1. The van der Waals surface area contributed by atoms with Crippen molar-refractivity contribution in [3.63, 3.8) is 0 Å². The molecule has 1 aliphatic rings. The highest BCUT2D eigenvalue weighted by molar-refractivity contribution is 7.91. The zero-order chi connectivity index (χ0) is 19.3. The van der Waals surface area contributed by atoms with E-state index in [1.54, 1.807) is 0 Å². The third-order valence-electron chi connectivity index (χ3n) is 3.90. The van der Waals surface area contributed by atoms with Crippen LogP contribution < -0.4 is 4.74 Å². The fourth-order valence-electron chi connectivity index (χ4n) is 2.79. The highest BCUT2D eigenvalue weighted by Crippen LogP contribution is 2.49. The minimum absolute atomic E-state index is 0.320. The van der Waals surface area contributed by atoms with Gasteiger partial charge in [0.25, 0.3) is 5.92 Å². The van der Waals surface area contributed by atoms with Gasteiger partial charge in [-0.05, 0) is 12.1 Å². The monoisotopic (exact) mass is 394 g/mol. The van der Waals surface area contributed by atoms with Gasteiger partial charge in [0.15, 0.2) is 6.01 Å². The van der Waals surface area contributed by atoms with Crippen molar-refractivity contribution < 1.29 is 40.2 Å². The van der Waals surface area contributed by atoms with Gasteiger partial charge in [0.2, 0.25) is 9.84 Å². The van der Waals surface area contributed by atoms with Gasteiger partial charge in [-0.2, -0.15) is 0 Å². The highest BCUT2D eigenvalue weighted by atomic mass is 32.2. The van der Waals surface area contributed by atoms with Crippen molar-refractivity contribution in [2.45, 2.75) is 23.3 Å². The Morgan fingerprint density at radius 2 is 1.77 bits per heavy atom. The van der Waals surface area contributed by atoms with E-state index in [1.165, 1.54) is 0 Å². The lowest BCUT2D eigenvalue weighted by Crippen LogP contribution is -2.22. The lowest BCUT2D eigenvalue weighted by molar-refractivity contribution is -0.0976. The quantitative estimate of drug-likeness (QED) is 0.804. The number of alkyl halides is 3. The molecule has 0 saturated heterocycles. The molecule has 1 atom stereocenters. The predicted molar refractivity (Wildman–Crippen MR) is 79.6 cm³/mol. The number of sulfone groups is 1. The minimum atomic E-state index is -4.55. The molecule has 0 spiro atoms. The molecule has 1 N–H and O–H groups in total. The van der Waals surface area contributed by atoms with E-state index in [4.69, 9.17) is 4.74 Å². The van der Waals surface area contributed by atoms with Gasteiger partial charge in [-0.15, -0.1) is 0 Å². The topological polar surface area (TPSA) is 63.6 Å². The Morgan fingerprint density at radius 1 is 1.15 bits per heavy atom. The van der Waals surface area contributed by atoms with Crippen LogP contribution in [0.1, 0.15) is 17.2 Å². The highest BCUT2D eigenvalue weighted by Gasteiger charge is 2.50. The first-order valence-electron chi connectivity index (χ1n) is 7.19. The first kappa shape index (κ1) is 18.6. The van der Waals surface area contributed by atoms with Gasteiger partial charge in [0, 0.05) is 35.7 Å². The van der Waals surface area contributed by atoms with E-state index in [0.29, 0.717) is 6.07 Å². The van der Waals surface area contributed by atoms with Crippen molar-refractivity contribution in [2.24, 2.45) is 0 Å². The van der Waals surface area contributed by atoms with Crippen LogP contribution in [0.4, 0.5) is 22.0 Å². The van der Waals surface area contributed by atoms with Crippen LogP contribution in [0.5, 0.6) is 11.5 Å². The van der Waals surface area contributed by atoms with Crippen LogP contribution in [0.25, 0.3) is 0 Å². The number of aliphatic hydroxyl groups is 1. The molecule has 0 saturated carbocycles. The Hall–Kier alpha value is -2.20. The van der Waals surface area contributed by atoms with Gasteiger partial charge in [-0.1, -0.05) is 0 Å². The summed E-state index contributed by atoms with van der Waals surface area (Å²) in [7, 11) is -4.55. The summed E-state index contributed by atoms with van der Waals surface area (Å²) in [6.45, 7) is 0. The van der Waals surface area contributed by atoms with Gasteiger partial charge in [-0.25, -0.2) is 30.4 Å². The molecular weight excluding hydrogens is 383 g/mol. The second kappa shape index (κ2) is 6.20. The summed E-state index contributed by atoms with van der Waals surface area (Å²) in [4.78, 5) is -0.780. The van der Waals surface area contributed by atoms with Crippen molar-refractivity contribution in [1.29, 1.82) is 0 Å². The van der Waals surface area contributed by atoms with E-state index in [9.17, 15) is 35.5 Å². The molecule has 1 aliphatic carbocycles. The Bertz CT molecular complexity index is 955. The van der Waals surface area contributed by atoms with Crippen LogP contribution >= 0.6 is 0 Å². The SMILES string of the molecule is O=S(=O)(CF)c1ccc(Oc2cc(F)cc(F)c2)c2c1C(O)C(F)(F)C2. The molecular formula is C16H11F5O4S. The number of halogens is 5. The van der Waals surface area contributed by atoms with Crippen LogP contribution in [0, 0.1) is 11.6 Å². The fraction of sp³-hybridized carbons (Fsp3) is 0.250. The van der Waals surface area contributed by atoms with E-state index in [1.807, 2.05) is 0 Å². The van der Waals surface area contributed by atoms with Crippen molar-refractivity contribution in [1.82, 2.24) is 0 Å². The maximum Gasteiger partial charge on any atom is 0.281 e. The molecule has 0 amide bonds. The number of fused-ring (bicyclic) bond motifs is 1.